The first-order chi connectivity index (χ1) is 7.77. The Balaban J connectivity index is 2.54. The molecule has 2 rings (SSSR count). The minimum absolute atomic E-state index is 0.640. The van der Waals surface area contributed by atoms with Crippen LogP contribution in [0.15, 0.2) is 70.5 Å². The van der Waals surface area contributed by atoms with Crippen molar-refractivity contribution in [1.82, 2.24) is 0 Å². The first-order valence-corrected chi connectivity index (χ1v) is 7.12. The lowest BCUT2D eigenvalue weighted by molar-refractivity contribution is 0.584. The molecule has 0 fully saturated rings. The van der Waals surface area contributed by atoms with Gasteiger partial charge in [0.15, 0.2) is 9.79 Å². The molecule has 0 bridgehead atoms. The highest BCUT2D eigenvalue weighted by Gasteiger charge is 2.31. The van der Waals surface area contributed by atoms with Crippen LogP contribution in [0.3, 0.4) is 0 Å². The van der Waals surface area contributed by atoms with Gasteiger partial charge in [0.1, 0.15) is 15.7 Å². The summed E-state index contributed by atoms with van der Waals surface area (Å²) in [4.78, 5) is 1.84. The Morgan fingerprint density at radius 3 is 1.50 bits per heavy atom. The lowest BCUT2D eigenvalue weighted by Crippen LogP contribution is -2.14. The summed E-state index contributed by atoms with van der Waals surface area (Å²) in [6.45, 7) is 1.97. The van der Waals surface area contributed by atoms with Crippen molar-refractivity contribution in [1.29, 1.82) is 0 Å². The molecule has 2 heteroatoms. The fourth-order valence-electron chi connectivity index (χ4n) is 1.75. The van der Waals surface area contributed by atoms with Gasteiger partial charge in [-0.25, -0.2) is 0 Å². The van der Waals surface area contributed by atoms with Crippen LogP contribution in [0.2, 0.25) is 0 Å². The average molecular weight is 231 g/mol. The Kier molecular flexibility index (Phi) is 3.20. The molecule has 0 atom stereocenters. The Hall–Kier alpha value is -1.41. The van der Waals surface area contributed by atoms with E-state index in [9.17, 15) is 4.21 Å². The van der Waals surface area contributed by atoms with Gasteiger partial charge in [-0.2, -0.15) is 0 Å². The predicted octanol–water partition coefficient (Wildman–Crippen LogP) is 3.62. The summed E-state index contributed by atoms with van der Waals surface area (Å²) in [6.07, 6.45) is 0. The number of hydrogen-bond donors (Lipinski definition) is 0. The van der Waals surface area contributed by atoms with E-state index in [4.69, 9.17) is 0 Å². The number of rotatable bonds is 3. The Labute approximate surface area is 97.6 Å². The van der Waals surface area contributed by atoms with E-state index >= 15 is 0 Å². The molecule has 1 nitrogen and oxygen atoms in total. The quantitative estimate of drug-likeness (QED) is 0.737. The van der Waals surface area contributed by atoms with Crippen molar-refractivity contribution in [3.8, 4) is 0 Å². The van der Waals surface area contributed by atoms with Gasteiger partial charge in [0.2, 0.25) is 0 Å². The van der Waals surface area contributed by atoms with E-state index in [0.717, 1.165) is 9.79 Å². The van der Waals surface area contributed by atoms with Gasteiger partial charge in [0.25, 0.3) is 0 Å². The zero-order chi connectivity index (χ0) is 11.4. The minimum atomic E-state index is -2.08. The topological polar surface area (TPSA) is 17.1 Å². The van der Waals surface area contributed by atoms with Gasteiger partial charge in [-0.3, -0.25) is 0 Å². The van der Waals surface area contributed by atoms with Crippen LogP contribution in [0.1, 0.15) is 6.92 Å². The van der Waals surface area contributed by atoms with Crippen molar-refractivity contribution < 1.29 is 4.21 Å². The molecule has 0 saturated carbocycles. The SMILES string of the molecule is CC[S+](=O)(c1ccccc1)c1ccccc1. The van der Waals surface area contributed by atoms with Crippen LogP contribution in [0, 0.1) is 0 Å². The smallest absolute Gasteiger partial charge is 0.0936 e. The molecule has 0 aliphatic rings. The zero-order valence-electron chi connectivity index (χ0n) is 9.30. The zero-order valence-corrected chi connectivity index (χ0v) is 10.1. The summed E-state index contributed by atoms with van der Waals surface area (Å²) in [6, 6.07) is 19.4. The fourth-order valence-corrected chi connectivity index (χ4v) is 3.88. The average Bonchev–Trinajstić information content (AvgIpc) is 2.40. The van der Waals surface area contributed by atoms with Crippen LogP contribution in [-0.4, -0.2) is 5.75 Å². The van der Waals surface area contributed by atoms with Gasteiger partial charge in [-0.15, -0.1) is 0 Å². The Bertz CT molecular complexity index is 447. The maximum absolute atomic E-state index is 13.0. The summed E-state index contributed by atoms with van der Waals surface area (Å²) < 4.78 is 13.0. The molecular formula is C14H15OS+. The fraction of sp³-hybridized carbons (Fsp3) is 0.143. The van der Waals surface area contributed by atoms with Gasteiger partial charge in [0.05, 0.1) is 0 Å². The molecule has 16 heavy (non-hydrogen) atoms. The van der Waals surface area contributed by atoms with E-state index in [1.165, 1.54) is 0 Å². The molecule has 0 heterocycles. The third-order valence-corrected chi connectivity index (χ3v) is 5.53. The van der Waals surface area contributed by atoms with Crippen LogP contribution in [0.25, 0.3) is 0 Å². The van der Waals surface area contributed by atoms with Crippen LogP contribution in [0.4, 0.5) is 0 Å². The van der Waals surface area contributed by atoms with Gasteiger partial charge in [-0.05, 0) is 31.2 Å². The molecule has 0 saturated heterocycles. The van der Waals surface area contributed by atoms with Crippen molar-refractivity contribution >= 4 is 9.93 Å². The summed E-state index contributed by atoms with van der Waals surface area (Å²) in [7, 11) is -2.08. The molecule has 0 unspecified atom stereocenters. The standard InChI is InChI=1S/C14H15OS/c1-2-16(15,13-9-5-3-6-10-13)14-11-7-4-8-12-14/h3-12H,2H2,1H3/q+1. The van der Waals surface area contributed by atoms with Gasteiger partial charge in [-0.1, -0.05) is 40.6 Å². The highest BCUT2D eigenvalue weighted by Crippen LogP contribution is 2.28. The summed E-state index contributed by atoms with van der Waals surface area (Å²) in [5, 5.41) is 0. The van der Waals surface area contributed by atoms with E-state index in [1.54, 1.807) is 0 Å². The maximum atomic E-state index is 13.0. The third kappa shape index (κ3) is 1.93. The maximum Gasteiger partial charge on any atom is 0.163 e. The van der Waals surface area contributed by atoms with Crippen molar-refractivity contribution in [3.05, 3.63) is 60.7 Å². The van der Waals surface area contributed by atoms with Gasteiger partial charge in [0, 0.05) is 0 Å². The van der Waals surface area contributed by atoms with E-state index in [0.29, 0.717) is 5.75 Å². The molecule has 82 valence electrons. The van der Waals surface area contributed by atoms with Crippen molar-refractivity contribution in [3.63, 3.8) is 0 Å². The molecule has 0 N–H and O–H groups in total. The predicted molar refractivity (Wildman–Crippen MR) is 68.0 cm³/mol. The van der Waals surface area contributed by atoms with Crippen LogP contribution in [0.5, 0.6) is 0 Å². The molecular weight excluding hydrogens is 216 g/mol. The van der Waals surface area contributed by atoms with E-state index in [-0.39, 0.29) is 0 Å². The molecule has 0 radical (unpaired) electrons. The van der Waals surface area contributed by atoms with Crippen LogP contribution in [-0.2, 0) is 14.1 Å². The summed E-state index contributed by atoms with van der Waals surface area (Å²) >= 11 is 0. The number of benzene rings is 2. The normalized spacial score (nSPS) is 11.3. The Morgan fingerprint density at radius 1 is 0.812 bits per heavy atom. The Morgan fingerprint density at radius 2 is 1.19 bits per heavy atom. The third-order valence-electron chi connectivity index (χ3n) is 2.65. The van der Waals surface area contributed by atoms with E-state index < -0.39 is 9.93 Å². The minimum Gasteiger partial charge on any atom is -0.0936 e. The van der Waals surface area contributed by atoms with Gasteiger partial charge < -0.3 is 0 Å². The largest absolute Gasteiger partial charge is 0.163 e. The molecule has 0 amide bonds. The molecule has 2 aromatic rings. The summed E-state index contributed by atoms with van der Waals surface area (Å²) in [5.41, 5.74) is 0. The molecule has 2 aromatic carbocycles. The highest BCUT2D eigenvalue weighted by molar-refractivity contribution is 8.03. The number of hydrogen-bond acceptors (Lipinski definition) is 1. The van der Waals surface area contributed by atoms with Crippen molar-refractivity contribution in [2.75, 3.05) is 5.75 Å². The van der Waals surface area contributed by atoms with Crippen molar-refractivity contribution in [2.45, 2.75) is 16.7 Å². The molecule has 0 aromatic heterocycles. The van der Waals surface area contributed by atoms with Crippen LogP contribution < -0.4 is 0 Å². The second kappa shape index (κ2) is 4.62. The van der Waals surface area contributed by atoms with E-state index in [2.05, 4.69) is 0 Å². The highest BCUT2D eigenvalue weighted by atomic mass is 32.2. The second-order valence-corrected chi connectivity index (χ2v) is 6.46. The molecule has 0 spiro atoms. The lowest BCUT2D eigenvalue weighted by Gasteiger charge is -2.09. The van der Waals surface area contributed by atoms with Crippen molar-refractivity contribution in [2.24, 2.45) is 0 Å². The first kappa shape index (κ1) is 11.1. The first-order valence-electron chi connectivity index (χ1n) is 5.39. The monoisotopic (exact) mass is 231 g/mol. The lowest BCUT2D eigenvalue weighted by atomic mass is 10.4. The second-order valence-electron chi connectivity index (χ2n) is 3.59. The molecule has 0 aliphatic carbocycles. The summed E-state index contributed by atoms with van der Waals surface area (Å²) in [5.74, 6) is 0.640. The van der Waals surface area contributed by atoms with E-state index in [1.807, 2.05) is 67.6 Å². The molecule has 0 aliphatic heterocycles. The van der Waals surface area contributed by atoms with Gasteiger partial charge >= 0.3 is 0 Å². The van der Waals surface area contributed by atoms with Crippen LogP contribution >= 0.6 is 0 Å².